The molecule has 0 fully saturated rings. The lowest BCUT2D eigenvalue weighted by atomic mass is 10.2. The van der Waals surface area contributed by atoms with Crippen molar-refractivity contribution in [2.75, 3.05) is 6.61 Å². The maximum atomic E-state index is 11.9. The van der Waals surface area contributed by atoms with Gasteiger partial charge in [0.25, 0.3) is 8.32 Å². The van der Waals surface area contributed by atoms with Crippen molar-refractivity contribution in [3.63, 3.8) is 0 Å². The van der Waals surface area contributed by atoms with Crippen molar-refractivity contribution < 1.29 is 14.0 Å². The summed E-state index contributed by atoms with van der Waals surface area (Å²) in [5.41, 5.74) is 2.41. The third-order valence-corrected chi connectivity index (χ3v) is 17.4. The molecule has 0 aromatic heterocycles. The summed E-state index contributed by atoms with van der Waals surface area (Å²) in [6.45, 7) is 15.7. The molecular weight excluding hydrogens is 452 g/mol. The average molecular weight is 497 g/mol. The van der Waals surface area contributed by atoms with Gasteiger partial charge in [0.2, 0.25) is 0 Å². The Morgan fingerprint density at radius 2 is 1.35 bits per heavy atom. The summed E-state index contributed by atoms with van der Waals surface area (Å²) in [4.78, 5) is 11.9. The minimum absolute atomic E-state index is 0.0722. The van der Waals surface area contributed by atoms with Crippen LogP contribution >= 0.6 is 0 Å². The molecule has 0 saturated heterocycles. The largest absolute Gasteiger partial charge is 0.458 e. The number of carbonyl (C=O) groups is 1. The van der Waals surface area contributed by atoms with Gasteiger partial charge in [-0.3, -0.25) is 4.79 Å². The van der Waals surface area contributed by atoms with E-state index in [9.17, 15) is 4.79 Å². The van der Waals surface area contributed by atoms with Crippen LogP contribution in [0.3, 0.4) is 0 Å². The number of benzene rings is 2. The van der Waals surface area contributed by atoms with Gasteiger partial charge in [0.1, 0.15) is 6.10 Å². The van der Waals surface area contributed by atoms with Crippen LogP contribution in [0.4, 0.5) is 0 Å². The lowest BCUT2D eigenvalue weighted by Crippen LogP contribution is -2.66. The van der Waals surface area contributed by atoms with Gasteiger partial charge in [-0.05, 0) is 15.4 Å². The van der Waals surface area contributed by atoms with E-state index in [-0.39, 0.29) is 17.1 Å². The van der Waals surface area contributed by atoms with Gasteiger partial charge in [-0.2, -0.15) is 0 Å². The molecular formula is C29H44O3Si2. The number of hydrogen-bond donors (Lipinski definition) is 0. The molecule has 186 valence electrons. The van der Waals surface area contributed by atoms with E-state index in [1.165, 1.54) is 35.4 Å². The zero-order valence-electron chi connectivity index (χ0n) is 22.3. The maximum absolute atomic E-state index is 11.9. The Kier molecular flexibility index (Phi) is 10.5. The second-order valence-corrected chi connectivity index (χ2v) is 19.7. The first-order valence-electron chi connectivity index (χ1n) is 12.8. The molecule has 0 aliphatic heterocycles. The predicted molar refractivity (Wildman–Crippen MR) is 150 cm³/mol. The summed E-state index contributed by atoms with van der Waals surface area (Å²) in [6, 6.07) is 25.0. The topological polar surface area (TPSA) is 35.5 Å². The number of carbonyl (C=O) groups excluding carboxylic acids is 1. The summed E-state index contributed by atoms with van der Waals surface area (Å²) in [5.74, 6) is -0.239. The molecule has 2 aromatic carbocycles. The number of ether oxygens (including phenoxy) is 1. The van der Waals surface area contributed by atoms with Crippen LogP contribution in [0.1, 0.15) is 54.9 Å². The highest BCUT2D eigenvalue weighted by Gasteiger charge is 2.50. The molecule has 2 rings (SSSR count). The first-order chi connectivity index (χ1) is 16.1. The number of esters is 1. The van der Waals surface area contributed by atoms with Gasteiger partial charge in [0.15, 0.2) is 0 Å². The van der Waals surface area contributed by atoms with Crippen molar-refractivity contribution in [3.8, 4) is 0 Å². The van der Waals surface area contributed by atoms with Crippen LogP contribution in [0.25, 0.3) is 0 Å². The van der Waals surface area contributed by atoms with Crippen molar-refractivity contribution in [2.24, 2.45) is 0 Å². The quantitative estimate of drug-likeness (QED) is 0.249. The molecule has 5 heteroatoms. The van der Waals surface area contributed by atoms with Gasteiger partial charge in [-0.1, -0.05) is 132 Å². The van der Waals surface area contributed by atoms with E-state index < -0.39 is 16.4 Å². The second-order valence-electron chi connectivity index (χ2n) is 10.2. The zero-order valence-corrected chi connectivity index (χ0v) is 24.3. The zero-order chi connectivity index (χ0) is 25.2. The Labute approximate surface area is 209 Å². The van der Waals surface area contributed by atoms with Crippen LogP contribution in [0.5, 0.6) is 0 Å². The summed E-state index contributed by atoms with van der Waals surface area (Å²) in [5, 5.41) is 2.46. The molecule has 1 atom stereocenters. The molecule has 0 N–H and O–H groups in total. The molecule has 0 heterocycles. The van der Waals surface area contributed by atoms with Gasteiger partial charge in [0.05, 0.1) is 8.07 Å². The van der Waals surface area contributed by atoms with Crippen LogP contribution < -0.4 is 10.4 Å². The maximum Gasteiger partial charge on any atom is 0.303 e. The number of hydrogen-bond acceptors (Lipinski definition) is 3. The predicted octanol–water partition coefficient (Wildman–Crippen LogP) is 6.49. The minimum atomic E-state index is -2.59. The minimum Gasteiger partial charge on any atom is -0.458 e. The van der Waals surface area contributed by atoms with E-state index in [4.69, 9.17) is 9.16 Å². The molecule has 0 aliphatic rings. The van der Waals surface area contributed by atoms with E-state index >= 15 is 0 Å². The Hall–Kier alpha value is -1.96. The Balaban J connectivity index is 2.37. The van der Waals surface area contributed by atoms with Gasteiger partial charge in [0, 0.05) is 20.0 Å². The SMILES string of the molecule is CC[Si](/C=C/C(CCO[Si](c1ccccc1)(c1ccccc1)C(C)(C)C)OC(C)=O)(CC)CC. The highest BCUT2D eigenvalue weighted by atomic mass is 28.4. The van der Waals surface area contributed by atoms with Crippen LogP contribution in [-0.2, 0) is 14.0 Å². The van der Waals surface area contributed by atoms with Crippen molar-refractivity contribution in [1.82, 2.24) is 0 Å². The van der Waals surface area contributed by atoms with E-state index in [0.29, 0.717) is 13.0 Å². The summed E-state index contributed by atoms with van der Waals surface area (Å²) in [6.07, 6.45) is 2.55. The lowest BCUT2D eigenvalue weighted by molar-refractivity contribution is -0.144. The fraction of sp³-hybridized carbons (Fsp3) is 0.483. The first-order valence-corrected chi connectivity index (χ1v) is 17.4. The Morgan fingerprint density at radius 1 is 0.882 bits per heavy atom. The lowest BCUT2D eigenvalue weighted by Gasteiger charge is -2.43. The molecule has 1 unspecified atom stereocenters. The molecule has 0 spiro atoms. The monoisotopic (exact) mass is 496 g/mol. The van der Waals surface area contributed by atoms with Crippen LogP contribution in [0.15, 0.2) is 72.4 Å². The highest BCUT2D eigenvalue weighted by molar-refractivity contribution is 6.99. The third-order valence-electron chi connectivity index (χ3n) is 7.23. The molecule has 3 nitrogen and oxygen atoms in total. The van der Waals surface area contributed by atoms with Crippen molar-refractivity contribution in [3.05, 3.63) is 72.4 Å². The van der Waals surface area contributed by atoms with E-state index in [1.807, 2.05) is 0 Å². The van der Waals surface area contributed by atoms with E-state index in [1.54, 1.807) is 0 Å². The van der Waals surface area contributed by atoms with Crippen molar-refractivity contribution in [2.45, 2.75) is 84.2 Å². The van der Waals surface area contributed by atoms with Crippen molar-refractivity contribution >= 4 is 32.7 Å². The van der Waals surface area contributed by atoms with Crippen molar-refractivity contribution in [1.29, 1.82) is 0 Å². The highest BCUT2D eigenvalue weighted by Crippen LogP contribution is 2.37. The van der Waals surface area contributed by atoms with Gasteiger partial charge in [-0.15, -0.1) is 0 Å². The summed E-state index contributed by atoms with van der Waals surface area (Å²) >= 11 is 0. The van der Waals surface area contributed by atoms with Crippen LogP contribution in [0.2, 0.25) is 23.2 Å². The average Bonchev–Trinajstić information content (AvgIpc) is 2.83. The molecule has 0 radical (unpaired) electrons. The smallest absolute Gasteiger partial charge is 0.303 e. The first kappa shape index (κ1) is 28.3. The summed E-state index contributed by atoms with van der Waals surface area (Å²) in [7, 11) is -4.04. The Morgan fingerprint density at radius 3 is 1.74 bits per heavy atom. The molecule has 2 aromatic rings. The fourth-order valence-electron chi connectivity index (χ4n) is 4.91. The van der Waals surface area contributed by atoms with E-state index in [2.05, 4.69) is 114 Å². The van der Waals surface area contributed by atoms with Gasteiger partial charge in [-0.25, -0.2) is 0 Å². The summed E-state index contributed by atoms with van der Waals surface area (Å²) < 4.78 is 12.7. The molecule has 0 amide bonds. The van der Waals surface area contributed by atoms with Crippen LogP contribution in [0, 0.1) is 0 Å². The molecule has 0 aliphatic carbocycles. The third kappa shape index (κ3) is 6.80. The van der Waals surface area contributed by atoms with Crippen LogP contribution in [-0.4, -0.2) is 35.1 Å². The normalized spacial score (nSPS) is 13.7. The number of rotatable bonds is 12. The molecule has 34 heavy (non-hydrogen) atoms. The Bertz CT molecular complexity index is 852. The molecule has 0 bridgehead atoms. The molecule has 0 saturated carbocycles. The standard InChI is InChI=1S/C29H44O3Si2/c1-8-33(9-2,10-3)24-22-26(32-25(4)30)21-23-31-34(29(5,6)7,27-17-13-11-14-18-27)28-19-15-12-16-20-28/h11-20,22,24,26H,8-10,21,23H2,1-7H3/b24-22+. The second kappa shape index (κ2) is 12.7. The van der Waals surface area contributed by atoms with Gasteiger partial charge < -0.3 is 9.16 Å². The van der Waals surface area contributed by atoms with E-state index in [0.717, 1.165) is 0 Å². The van der Waals surface area contributed by atoms with Gasteiger partial charge >= 0.3 is 5.97 Å². The fourth-order valence-corrected chi connectivity index (χ4v) is 12.3.